The second-order valence-electron chi connectivity index (χ2n) is 2.88. The zero-order valence-corrected chi connectivity index (χ0v) is 9.76. The minimum absolute atomic E-state index is 0.278. The maximum Gasteiger partial charge on any atom is 0.165 e. The number of aromatic nitrogens is 2. The first-order valence-electron chi connectivity index (χ1n) is 4.11. The molecule has 1 heterocycles. The number of benzene rings is 1. The lowest BCUT2D eigenvalue weighted by Gasteiger charge is -2.00. The molecule has 1 aromatic heterocycles. The quantitative estimate of drug-likeness (QED) is 0.799. The maximum atomic E-state index is 12.7. The minimum Gasteiger partial charge on any atom is -0.207 e. The molecule has 76 valence electrons. The monoisotopic (exact) mass is 286 g/mol. The van der Waals surface area contributed by atoms with Crippen LogP contribution in [0.25, 0.3) is 11.3 Å². The predicted octanol–water partition coefficient (Wildman–Crippen LogP) is 3.70. The van der Waals surface area contributed by atoms with Gasteiger partial charge in [0, 0.05) is 5.56 Å². The Labute approximate surface area is 99.2 Å². The molecule has 0 saturated carbocycles. The van der Waals surface area contributed by atoms with Crippen molar-refractivity contribution in [2.75, 3.05) is 0 Å². The zero-order chi connectivity index (χ0) is 10.8. The molecular weight excluding hydrogens is 282 g/mol. The highest BCUT2D eigenvalue weighted by Crippen LogP contribution is 2.24. The lowest BCUT2D eigenvalue weighted by atomic mass is 10.1. The predicted molar refractivity (Wildman–Crippen MR) is 60.1 cm³/mol. The summed E-state index contributed by atoms with van der Waals surface area (Å²) in [6.45, 7) is 0. The molecule has 0 amide bonds. The Kier molecular flexibility index (Phi) is 2.98. The fourth-order valence-electron chi connectivity index (χ4n) is 1.12. The van der Waals surface area contributed by atoms with Gasteiger partial charge in [-0.15, -0.1) is 10.2 Å². The Bertz CT molecular complexity index is 487. The lowest BCUT2D eigenvalue weighted by molar-refractivity contribution is 0.628. The van der Waals surface area contributed by atoms with Crippen molar-refractivity contribution in [1.82, 2.24) is 10.2 Å². The van der Waals surface area contributed by atoms with Crippen molar-refractivity contribution >= 4 is 27.5 Å². The molecule has 0 fully saturated rings. The van der Waals surface area contributed by atoms with Crippen LogP contribution in [0.5, 0.6) is 0 Å². The molecule has 0 aliphatic heterocycles. The van der Waals surface area contributed by atoms with Crippen molar-refractivity contribution < 1.29 is 4.39 Å². The summed E-state index contributed by atoms with van der Waals surface area (Å²) in [5.74, 6) is -0.278. The van der Waals surface area contributed by atoms with Gasteiger partial charge in [-0.05, 0) is 46.3 Å². The Morgan fingerprint density at radius 1 is 1.13 bits per heavy atom. The molecule has 0 saturated heterocycles. The Balaban J connectivity index is 2.45. The maximum absolute atomic E-state index is 12.7. The van der Waals surface area contributed by atoms with E-state index in [4.69, 9.17) is 11.6 Å². The summed E-state index contributed by atoms with van der Waals surface area (Å²) in [6, 6.07) is 7.76. The second kappa shape index (κ2) is 4.24. The first-order valence-corrected chi connectivity index (χ1v) is 5.28. The fraction of sp³-hybridized carbons (Fsp3) is 0. The highest BCUT2D eigenvalue weighted by atomic mass is 79.9. The molecule has 0 aliphatic rings. The first-order chi connectivity index (χ1) is 7.16. The summed E-state index contributed by atoms with van der Waals surface area (Å²) in [6.07, 6.45) is 0. The van der Waals surface area contributed by atoms with E-state index >= 15 is 0 Å². The largest absolute Gasteiger partial charge is 0.207 e. The number of hydrogen-bond donors (Lipinski definition) is 0. The standard InChI is InChI=1S/C10H5BrClFN2/c11-8-5-9(14-15-10(8)12)6-1-3-7(13)4-2-6/h1-5H. The zero-order valence-electron chi connectivity index (χ0n) is 7.42. The molecule has 0 bridgehead atoms. The van der Waals surface area contributed by atoms with Gasteiger partial charge in [0.05, 0.1) is 10.2 Å². The van der Waals surface area contributed by atoms with Gasteiger partial charge in [-0.25, -0.2) is 4.39 Å². The van der Waals surface area contributed by atoms with Gasteiger partial charge in [-0.1, -0.05) is 11.6 Å². The summed E-state index contributed by atoms with van der Waals surface area (Å²) >= 11 is 8.96. The van der Waals surface area contributed by atoms with E-state index in [1.165, 1.54) is 12.1 Å². The molecule has 15 heavy (non-hydrogen) atoms. The van der Waals surface area contributed by atoms with Gasteiger partial charge >= 0.3 is 0 Å². The Morgan fingerprint density at radius 3 is 2.40 bits per heavy atom. The molecule has 0 N–H and O–H groups in total. The van der Waals surface area contributed by atoms with Gasteiger partial charge in [0.2, 0.25) is 0 Å². The molecule has 0 unspecified atom stereocenters. The van der Waals surface area contributed by atoms with Crippen LogP contribution in [-0.4, -0.2) is 10.2 Å². The van der Waals surface area contributed by atoms with Crippen LogP contribution < -0.4 is 0 Å². The molecule has 0 atom stereocenters. The Morgan fingerprint density at radius 2 is 1.80 bits per heavy atom. The van der Waals surface area contributed by atoms with Gasteiger partial charge in [0.15, 0.2) is 5.15 Å². The summed E-state index contributed by atoms with van der Waals surface area (Å²) < 4.78 is 13.3. The van der Waals surface area contributed by atoms with E-state index in [2.05, 4.69) is 26.1 Å². The first kappa shape index (κ1) is 10.5. The lowest BCUT2D eigenvalue weighted by Crippen LogP contribution is -1.89. The fourth-order valence-corrected chi connectivity index (χ4v) is 1.50. The summed E-state index contributed by atoms with van der Waals surface area (Å²) in [4.78, 5) is 0. The van der Waals surface area contributed by atoms with E-state index in [0.717, 1.165) is 5.56 Å². The highest BCUT2D eigenvalue weighted by molar-refractivity contribution is 9.10. The topological polar surface area (TPSA) is 25.8 Å². The minimum atomic E-state index is -0.278. The van der Waals surface area contributed by atoms with Crippen molar-refractivity contribution in [1.29, 1.82) is 0 Å². The van der Waals surface area contributed by atoms with E-state index in [1.807, 2.05) is 0 Å². The molecule has 1 aromatic carbocycles. The van der Waals surface area contributed by atoms with Gasteiger partial charge < -0.3 is 0 Å². The number of rotatable bonds is 1. The van der Waals surface area contributed by atoms with Crippen LogP contribution in [0.2, 0.25) is 5.15 Å². The Hall–Kier alpha value is -1.00. The van der Waals surface area contributed by atoms with Crippen LogP contribution in [0.15, 0.2) is 34.8 Å². The summed E-state index contributed by atoms with van der Waals surface area (Å²) in [7, 11) is 0. The second-order valence-corrected chi connectivity index (χ2v) is 4.09. The van der Waals surface area contributed by atoms with Crippen LogP contribution in [0.1, 0.15) is 0 Å². The van der Waals surface area contributed by atoms with E-state index in [0.29, 0.717) is 15.3 Å². The average molecular weight is 288 g/mol. The summed E-state index contributed by atoms with van der Waals surface area (Å²) in [5.41, 5.74) is 1.44. The number of halogens is 3. The van der Waals surface area contributed by atoms with Crippen LogP contribution in [0.3, 0.4) is 0 Å². The van der Waals surface area contributed by atoms with Gasteiger partial charge in [-0.3, -0.25) is 0 Å². The smallest absolute Gasteiger partial charge is 0.165 e. The van der Waals surface area contributed by atoms with Crippen molar-refractivity contribution in [3.63, 3.8) is 0 Å². The molecular formula is C10H5BrClFN2. The van der Waals surface area contributed by atoms with E-state index in [1.54, 1.807) is 18.2 Å². The molecule has 2 rings (SSSR count). The van der Waals surface area contributed by atoms with E-state index in [9.17, 15) is 4.39 Å². The average Bonchev–Trinajstić information content (AvgIpc) is 2.23. The third-order valence-electron chi connectivity index (χ3n) is 1.85. The molecule has 2 nitrogen and oxygen atoms in total. The van der Waals surface area contributed by atoms with Gasteiger partial charge in [-0.2, -0.15) is 0 Å². The van der Waals surface area contributed by atoms with Crippen molar-refractivity contribution in [2.45, 2.75) is 0 Å². The third-order valence-corrected chi connectivity index (χ3v) is 2.96. The normalized spacial score (nSPS) is 10.3. The number of hydrogen-bond acceptors (Lipinski definition) is 2. The highest BCUT2D eigenvalue weighted by Gasteiger charge is 2.04. The van der Waals surface area contributed by atoms with Crippen LogP contribution in [-0.2, 0) is 0 Å². The summed E-state index contributed by atoms with van der Waals surface area (Å²) in [5, 5.41) is 7.96. The molecule has 0 spiro atoms. The van der Waals surface area contributed by atoms with E-state index < -0.39 is 0 Å². The molecule has 0 radical (unpaired) electrons. The van der Waals surface area contributed by atoms with Gasteiger partial charge in [0.1, 0.15) is 5.82 Å². The molecule has 0 aliphatic carbocycles. The van der Waals surface area contributed by atoms with E-state index in [-0.39, 0.29) is 5.82 Å². The van der Waals surface area contributed by atoms with Crippen LogP contribution >= 0.6 is 27.5 Å². The number of nitrogens with zero attached hydrogens (tertiary/aromatic N) is 2. The SMILES string of the molecule is Fc1ccc(-c2cc(Br)c(Cl)nn2)cc1. The van der Waals surface area contributed by atoms with Gasteiger partial charge in [0.25, 0.3) is 0 Å². The van der Waals surface area contributed by atoms with Crippen LogP contribution in [0, 0.1) is 5.82 Å². The third kappa shape index (κ3) is 2.33. The van der Waals surface area contributed by atoms with Crippen molar-refractivity contribution in [3.05, 3.63) is 45.8 Å². The van der Waals surface area contributed by atoms with Crippen molar-refractivity contribution in [3.8, 4) is 11.3 Å². The molecule has 5 heteroatoms. The van der Waals surface area contributed by atoms with Crippen molar-refractivity contribution in [2.24, 2.45) is 0 Å². The molecule has 2 aromatic rings. The van der Waals surface area contributed by atoms with Crippen LogP contribution in [0.4, 0.5) is 4.39 Å².